The highest BCUT2D eigenvalue weighted by Gasteiger charge is 2.38. The second-order valence-electron chi connectivity index (χ2n) is 7.49. The van der Waals surface area contributed by atoms with Gasteiger partial charge in [-0.3, -0.25) is 4.79 Å². The minimum absolute atomic E-state index is 0.0550. The molecule has 138 valence electrons. The lowest BCUT2D eigenvalue weighted by atomic mass is 9.85. The fourth-order valence-electron chi connectivity index (χ4n) is 4.15. The molecule has 3 atom stereocenters. The summed E-state index contributed by atoms with van der Waals surface area (Å²) >= 11 is 0. The van der Waals surface area contributed by atoms with Crippen molar-refractivity contribution < 1.29 is 9.32 Å². The number of amides is 1. The zero-order valence-corrected chi connectivity index (χ0v) is 15.4. The van der Waals surface area contributed by atoms with Crippen molar-refractivity contribution in [1.29, 1.82) is 0 Å². The van der Waals surface area contributed by atoms with E-state index < -0.39 is 0 Å². The molecule has 1 aromatic heterocycles. The fraction of sp³-hybridized carbons (Fsp3) is 0.550. The lowest BCUT2D eigenvalue weighted by Gasteiger charge is -2.24. The van der Waals surface area contributed by atoms with Gasteiger partial charge in [-0.05, 0) is 49.8 Å². The first-order chi connectivity index (χ1) is 12.6. The molecule has 2 N–H and O–H groups in total. The van der Waals surface area contributed by atoms with Gasteiger partial charge in [0.2, 0.25) is 5.91 Å². The number of aromatic nitrogens is 2. The summed E-state index contributed by atoms with van der Waals surface area (Å²) in [7, 11) is 0. The van der Waals surface area contributed by atoms with E-state index in [1.807, 2.05) is 32.0 Å². The zero-order valence-electron chi connectivity index (χ0n) is 15.4. The summed E-state index contributed by atoms with van der Waals surface area (Å²) in [5.41, 5.74) is 2.65. The maximum atomic E-state index is 12.8. The molecule has 1 saturated heterocycles. The lowest BCUT2D eigenvalue weighted by molar-refractivity contribution is -0.117. The van der Waals surface area contributed by atoms with Crippen molar-refractivity contribution in [1.82, 2.24) is 15.5 Å². The highest BCUT2D eigenvalue weighted by Crippen LogP contribution is 2.34. The number of aryl methyl sites for hydroxylation is 2. The third-order valence-corrected chi connectivity index (χ3v) is 5.71. The summed E-state index contributed by atoms with van der Waals surface area (Å²) < 4.78 is 5.32. The van der Waals surface area contributed by atoms with Crippen molar-refractivity contribution in [3.8, 4) is 11.5 Å². The Hall–Kier alpha value is -2.21. The second-order valence-corrected chi connectivity index (χ2v) is 7.49. The number of rotatable bonds is 4. The number of hydrogen-bond donors (Lipinski definition) is 2. The Labute approximate surface area is 153 Å². The Morgan fingerprint density at radius 3 is 2.96 bits per heavy atom. The van der Waals surface area contributed by atoms with Crippen LogP contribution in [0.15, 0.2) is 22.7 Å². The van der Waals surface area contributed by atoms with Crippen LogP contribution in [0.4, 0.5) is 5.69 Å². The van der Waals surface area contributed by atoms with Gasteiger partial charge in [-0.15, -0.1) is 0 Å². The van der Waals surface area contributed by atoms with Gasteiger partial charge < -0.3 is 15.2 Å². The number of nitrogens with zero attached hydrogens (tertiary/aromatic N) is 2. The SMILES string of the molecule is CCc1noc(-c2ccc(C)c(NC(=O)C3CC4CCCCC4N3)c2)n1. The molecule has 1 aliphatic heterocycles. The normalized spacial score (nSPS) is 25.1. The van der Waals surface area contributed by atoms with E-state index >= 15 is 0 Å². The molecular formula is C20H26N4O2. The van der Waals surface area contributed by atoms with Gasteiger partial charge in [0.1, 0.15) is 0 Å². The molecule has 1 aliphatic carbocycles. The monoisotopic (exact) mass is 354 g/mol. The molecule has 1 saturated carbocycles. The van der Waals surface area contributed by atoms with Crippen molar-refractivity contribution >= 4 is 11.6 Å². The molecule has 1 aromatic carbocycles. The highest BCUT2D eigenvalue weighted by atomic mass is 16.5. The quantitative estimate of drug-likeness (QED) is 0.879. The predicted octanol–water partition coefficient (Wildman–Crippen LogP) is 3.47. The Morgan fingerprint density at radius 2 is 2.19 bits per heavy atom. The van der Waals surface area contributed by atoms with Crippen LogP contribution in [-0.4, -0.2) is 28.1 Å². The fourth-order valence-corrected chi connectivity index (χ4v) is 4.15. The Kier molecular flexibility index (Phi) is 4.76. The van der Waals surface area contributed by atoms with Crippen LogP contribution < -0.4 is 10.6 Å². The molecule has 26 heavy (non-hydrogen) atoms. The number of anilines is 1. The molecule has 2 heterocycles. The third kappa shape index (κ3) is 3.38. The molecule has 3 unspecified atom stereocenters. The number of nitrogens with one attached hydrogen (secondary N) is 2. The first kappa shape index (κ1) is 17.2. The maximum absolute atomic E-state index is 12.8. The average Bonchev–Trinajstić information content (AvgIpc) is 3.30. The van der Waals surface area contributed by atoms with E-state index in [2.05, 4.69) is 20.8 Å². The first-order valence-corrected chi connectivity index (χ1v) is 9.64. The van der Waals surface area contributed by atoms with E-state index in [9.17, 15) is 4.79 Å². The van der Waals surface area contributed by atoms with Gasteiger partial charge in [-0.2, -0.15) is 4.98 Å². The Bertz CT molecular complexity index is 787. The van der Waals surface area contributed by atoms with E-state index in [1.165, 1.54) is 25.7 Å². The summed E-state index contributed by atoms with van der Waals surface area (Å²) in [6, 6.07) is 6.25. The van der Waals surface area contributed by atoms with Crippen LogP contribution in [-0.2, 0) is 11.2 Å². The van der Waals surface area contributed by atoms with Crippen molar-refractivity contribution in [2.24, 2.45) is 5.92 Å². The Balaban J connectivity index is 1.49. The Morgan fingerprint density at radius 1 is 1.35 bits per heavy atom. The molecule has 0 spiro atoms. The van der Waals surface area contributed by atoms with Crippen molar-refractivity contribution in [3.63, 3.8) is 0 Å². The molecular weight excluding hydrogens is 328 g/mol. The van der Waals surface area contributed by atoms with Crippen LogP contribution in [0.5, 0.6) is 0 Å². The van der Waals surface area contributed by atoms with E-state index in [1.54, 1.807) is 0 Å². The highest BCUT2D eigenvalue weighted by molar-refractivity contribution is 5.96. The molecule has 4 rings (SSSR count). The number of carbonyl (C=O) groups excluding carboxylic acids is 1. The number of benzene rings is 1. The third-order valence-electron chi connectivity index (χ3n) is 5.71. The van der Waals surface area contributed by atoms with Crippen molar-refractivity contribution in [3.05, 3.63) is 29.6 Å². The summed E-state index contributed by atoms with van der Waals surface area (Å²) in [5, 5.41) is 10.6. The van der Waals surface area contributed by atoms with Crippen LogP contribution in [0.3, 0.4) is 0 Å². The lowest BCUT2D eigenvalue weighted by Crippen LogP contribution is -2.40. The minimum Gasteiger partial charge on any atom is -0.334 e. The summed E-state index contributed by atoms with van der Waals surface area (Å²) in [4.78, 5) is 17.2. The minimum atomic E-state index is -0.0961. The average molecular weight is 354 g/mol. The molecule has 2 aromatic rings. The molecule has 6 heteroatoms. The van der Waals surface area contributed by atoms with Gasteiger partial charge in [0.05, 0.1) is 6.04 Å². The number of carbonyl (C=O) groups is 1. The van der Waals surface area contributed by atoms with Crippen LogP contribution >= 0.6 is 0 Å². The van der Waals surface area contributed by atoms with Crippen molar-refractivity contribution in [2.45, 2.75) is 64.5 Å². The maximum Gasteiger partial charge on any atom is 0.257 e. The summed E-state index contributed by atoms with van der Waals surface area (Å²) in [6.45, 7) is 3.98. The van der Waals surface area contributed by atoms with Gasteiger partial charge in [-0.1, -0.05) is 31.0 Å². The molecule has 1 amide bonds. The molecule has 2 fully saturated rings. The standard InChI is InChI=1S/C20H26N4O2/c1-3-18-23-20(26-24-18)14-9-8-12(2)16(11-14)22-19(25)17-10-13-6-4-5-7-15(13)21-17/h8-9,11,13,15,17,21H,3-7,10H2,1-2H3,(H,22,25). The van der Waals surface area contributed by atoms with Crippen molar-refractivity contribution in [2.75, 3.05) is 5.32 Å². The van der Waals surface area contributed by atoms with Gasteiger partial charge >= 0.3 is 0 Å². The van der Waals surface area contributed by atoms with Crippen LogP contribution in [0.2, 0.25) is 0 Å². The largest absolute Gasteiger partial charge is 0.334 e. The van der Waals surface area contributed by atoms with E-state index in [-0.39, 0.29) is 11.9 Å². The van der Waals surface area contributed by atoms with Gasteiger partial charge in [0.25, 0.3) is 5.89 Å². The molecule has 0 bridgehead atoms. The first-order valence-electron chi connectivity index (χ1n) is 9.64. The summed E-state index contributed by atoms with van der Waals surface area (Å²) in [6.07, 6.45) is 6.68. The molecule has 2 aliphatic rings. The molecule has 6 nitrogen and oxygen atoms in total. The van der Waals surface area contributed by atoms with E-state index in [4.69, 9.17) is 4.52 Å². The number of fused-ring (bicyclic) bond motifs is 1. The smallest absolute Gasteiger partial charge is 0.257 e. The second kappa shape index (κ2) is 7.19. The van der Waals surface area contributed by atoms with Gasteiger partial charge in [0.15, 0.2) is 5.82 Å². The summed E-state index contributed by atoms with van der Waals surface area (Å²) in [5.74, 6) is 1.88. The van der Waals surface area contributed by atoms with E-state index in [0.717, 1.165) is 29.7 Å². The van der Waals surface area contributed by atoms with Gasteiger partial charge in [0, 0.05) is 23.7 Å². The zero-order chi connectivity index (χ0) is 18.1. The van der Waals surface area contributed by atoms with Crippen LogP contribution in [0.1, 0.15) is 50.4 Å². The number of hydrogen-bond acceptors (Lipinski definition) is 5. The van der Waals surface area contributed by atoms with Crippen LogP contribution in [0.25, 0.3) is 11.5 Å². The topological polar surface area (TPSA) is 80.0 Å². The molecule has 0 radical (unpaired) electrons. The van der Waals surface area contributed by atoms with Crippen LogP contribution in [0, 0.1) is 12.8 Å². The predicted molar refractivity (Wildman–Crippen MR) is 99.8 cm³/mol. The van der Waals surface area contributed by atoms with Gasteiger partial charge in [-0.25, -0.2) is 0 Å². The van der Waals surface area contributed by atoms with E-state index in [0.29, 0.717) is 23.7 Å².